The molecule has 14 heavy (non-hydrogen) atoms. The van der Waals surface area contributed by atoms with E-state index in [1.54, 1.807) is 0 Å². The van der Waals surface area contributed by atoms with Crippen molar-refractivity contribution in [2.75, 3.05) is 0 Å². The van der Waals surface area contributed by atoms with Gasteiger partial charge < -0.3 is 0 Å². The Morgan fingerprint density at radius 3 is 1.86 bits per heavy atom. The quantitative estimate of drug-likeness (QED) is 0.328. The molecule has 0 heteroatoms. The third-order valence-electron chi connectivity index (χ3n) is 2.74. The van der Waals surface area contributed by atoms with Gasteiger partial charge in [0.2, 0.25) is 0 Å². The van der Waals surface area contributed by atoms with Gasteiger partial charge in [-0.2, -0.15) is 0 Å². The topological polar surface area (TPSA) is 0 Å². The SMILES string of the molecule is [CH2]CC(=C)CCCCCCCCCC. The normalized spacial score (nSPS) is 10.4. The van der Waals surface area contributed by atoms with Gasteiger partial charge in [-0.3, -0.25) is 0 Å². The first-order valence-corrected chi connectivity index (χ1v) is 6.27. The maximum atomic E-state index is 3.97. The van der Waals surface area contributed by atoms with Crippen molar-refractivity contribution in [2.45, 2.75) is 71.1 Å². The summed E-state index contributed by atoms with van der Waals surface area (Å²) < 4.78 is 0. The minimum absolute atomic E-state index is 0.913. The summed E-state index contributed by atoms with van der Waals surface area (Å²) in [7, 11) is 0. The van der Waals surface area contributed by atoms with Crippen molar-refractivity contribution in [1.29, 1.82) is 0 Å². The Morgan fingerprint density at radius 1 is 0.857 bits per heavy atom. The lowest BCUT2D eigenvalue weighted by atomic mass is 10.0. The van der Waals surface area contributed by atoms with E-state index in [1.807, 2.05) is 0 Å². The molecule has 1 radical (unpaired) electrons. The van der Waals surface area contributed by atoms with Crippen LogP contribution in [0.5, 0.6) is 0 Å². The highest BCUT2D eigenvalue weighted by Gasteiger charge is 1.93. The first-order chi connectivity index (χ1) is 6.81. The van der Waals surface area contributed by atoms with E-state index in [0.29, 0.717) is 0 Å². The van der Waals surface area contributed by atoms with E-state index < -0.39 is 0 Å². The second kappa shape index (κ2) is 10.8. The van der Waals surface area contributed by atoms with Crippen molar-refractivity contribution in [2.24, 2.45) is 0 Å². The third-order valence-corrected chi connectivity index (χ3v) is 2.74. The van der Waals surface area contributed by atoms with Crippen LogP contribution in [0.3, 0.4) is 0 Å². The van der Waals surface area contributed by atoms with Crippen LogP contribution in [-0.4, -0.2) is 0 Å². The second-order valence-electron chi connectivity index (χ2n) is 4.22. The molecule has 0 aromatic rings. The summed E-state index contributed by atoms with van der Waals surface area (Å²) in [5, 5.41) is 0. The average molecular weight is 195 g/mol. The van der Waals surface area contributed by atoms with Crippen LogP contribution in [0.25, 0.3) is 0 Å². The highest BCUT2D eigenvalue weighted by Crippen LogP contribution is 2.13. The minimum Gasteiger partial charge on any atom is -0.0999 e. The van der Waals surface area contributed by atoms with E-state index in [9.17, 15) is 0 Å². The van der Waals surface area contributed by atoms with Gasteiger partial charge in [-0.15, -0.1) is 0 Å². The van der Waals surface area contributed by atoms with E-state index in [1.165, 1.54) is 63.4 Å². The zero-order chi connectivity index (χ0) is 10.6. The van der Waals surface area contributed by atoms with Crippen molar-refractivity contribution in [3.63, 3.8) is 0 Å². The Balaban J connectivity index is 2.95. The molecule has 0 aliphatic carbocycles. The summed E-state index contributed by atoms with van der Waals surface area (Å²) in [6.45, 7) is 10.1. The first kappa shape index (κ1) is 13.7. The Kier molecular flexibility index (Phi) is 10.6. The zero-order valence-electron chi connectivity index (χ0n) is 9.99. The fourth-order valence-electron chi connectivity index (χ4n) is 1.63. The maximum Gasteiger partial charge on any atom is -0.0323 e. The fourth-order valence-corrected chi connectivity index (χ4v) is 1.63. The standard InChI is InChI=1S/C14H27/c1-4-6-7-8-9-10-11-12-13-14(3)5-2/h2-13H2,1H3. The first-order valence-electron chi connectivity index (χ1n) is 6.27. The Hall–Kier alpha value is -0.260. The third kappa shape index (κ3) is 9.83. The minimum atomic E-state index is 0.913. The van der Waals surface area contributed by atoms with Crippen LogP contribution in [0.1, 0.15) is 71.1 Å². The van der Waals surface area contributed by atoms with Crippen LogP contribution < -0.4 is 0 Å². The molecule has 83 valence electrons. The smallest absolute Gasteiger partial charge is 0.0323 e. The molecule has 0 aliphatic heterocycles. The number of allylic oxidation sites excluding steroid dienone is 1. The highest BCUT2D eigenvalue weighted by atomic mass is 14.0. The van der Waals surface area contributed by atoms with Gasteiger partial charge in [0.1, 0.15) is 0 Å². The lowest BCUT2D eigenvalue weighted by Crippen LogP contribution is -1.83. The van der Waals surface area contributed by atoms with Crippen molar-refractivity contribution >= 4 is 0 Å². The van der Waals surface area contributed by atoms with Crippen LogP contribution in [-0.2, 0) is 0 Å². The molecule has 0 fully saturated rings. The van der Waals surface area contributed by atoms with Gasteiger partial charge in [0.05, 0.1) is 0 Å². The van der Waals surface area contributed by atoms with Crippen LogP contribution in [0.15, 0.2) is 12.2 Å². The molecule has 0 amide bonds. The van der Waals surface area contributed by atoms with E-state index in [-0.39, 0.29) is 0 Å². The van der Waals surface area contributed by atoms with Gasteiger partial charge in [0.15, 0.2) is 0 Å². The maximum absolute atomic E-state index is 3.97. The summed E-state index contributed by atoms with van der Waals surface area (Å²) >= 11 is 0. The van der Waals surface area contributed by atoms with Crippen LogP contribution in [0.2, 0.25) is 0 Å². The molecule has 0 unspecified atom stereocenters. The van der Waals surface area contributed by atoms with Crippen LogP contribution in [0, 0.1) is 6.92 Å². The van der Waals surface area contributed by atoms with E-state index in [4.69, 9.17) is 0 Å². The molecule has 0 nitrogen and oxygen atoms in total. The second-order valence-corrected chi connectivity index (χ2v) is 4.22. The molecule has 0 aromatic carbocycles. The van der Waals surface area contributed by atoms with E-state index in [2.05, 4.69) is 20.4 Å². The predicted molar refractivity (Wildman–Crippen MR) is 66.3 cm³/mol. The van der Waals surface area contributed by atoms with Gasteiger partial charge in [-0.1, -0.05) is 64.0 Å². The van der Waals surface area contributed by atoms with E-state index >= 15 is 0 Å². The van der Waals surface area contributed by atoms with Crippen molar-refractivity contribution in [3.8, 4) is 0 Å². The molecule has 0 aliphatic rings. The predicted octanol–water partition coefficient (Wildman–Crippen LogP) is 5.30. The van der Waals surface area contributed by atoms with E-state index in [0.717, 1.165) is 6.42 Å². The summed E-state index contributed by atoms with van der Waals surface area (Å²) in [4.78, 5) is 0. The molecule has 0 bridgehead atoms. The van der Waals surface area contributed by atoms with Crippen LogP contribution in [0.4, 0.5) is 0 Å². The monoisotopic (exact) mass is 195 g/mol. The lowest BCUT2D eigenvalue weighted by molar-refractivity contribution is 0.574. The number of rotatable bonds is 10. The Morgan fingerprint density at radius 2 is 1.36 bits per heavy atom. The molecule has 0 heterocycles. The molecular weight excluding hydrogens is 168 g/mol. The molecule has 0 N–H and O–H groups in total. The van der Waals surface area contributed by atoms with Gasteiger partial charge in [0, 0.05) is 0 Å². The molecule has 0 saturated carbocycles. The molecule has 0 rings (SSSR count). The van der Waals surface area contributed by atoms with Crippen molar-refractivity contribution in [3.05, 3.63) is 19.1 Å². The zero-order valence-corrected chi connectivity index (χ0v) is 9.99. The number of unbranched alkanes of at least 4 members (excludes halogenated alkanes) is 7. The average Bonchev–Trinajstić information content (AvgIpc) is 2.21. The van der Waals surface area contributed by atoms with Gasteiger partial charge >= 0.3 is 0 Å². The number of hydrogen-bond donors (Lipinski definition) is 0. The molecule has 0 spiro atoms. The molecule has 0 aromatic heterocycles. The summed E-state index contributed by atoms with van der Waals surface area (Å²) in [5.41, 5.74) is 1.32. The Bertz CT molecular complexity index is 124. The van der Waals surface area contributed by atoms with Gasteiger partial charge in [-0.25, -0.2) is 0 Å². The molecule has 0 saturated heterocycles. The summed E-state index contributed by atoms with van der Waals surface area (Å²) in [5.74, 6) is 0. The summed E-state index contributed by atoms with van der Waals surface area (Å²) in [6, 6.07) is 0. The van der Waals surface area contributed by atoms with Gasteiger partial charge in [-0.05, 0) is 26.2 Å². The lowest BCUT2D eigenvalue weighted by Gasteiger charge is -2.02. The summed E-state index contributed by atoms with van der Waals surface area (Å²) in [6.07, 6.45) is 13.3. The van der Waals surface area contributed by atoms with Crippen molar-refractivity contribution < 1.29 is 0 Å². The highest BCUT2D eigenvalue weighted by molar-refractivity contribution is 4.94. The molecule has 0 atom stereocenters. The van der Waals surface area contributed by atoms with Crippen molar-refractivity contribution in [1.82, 2.24) is 0 Å². The number of hydrogen-bond acceptors (Lipinski definition) is 0. The molecular formula is C14H27. The fraction of sp³-hybridized carbons (Fsp3) is 0.786. The van der Waals surface area contributed by atoms with Gasteiger partial charge in [0.25, 0.3) is 0 Å². The van der Waals surface area contributed by atoms with Crippen LogP contribution >= 0.6 is 0 Å². The Labute approximate surface area is 90.8 Å². The largest absolute Gasteiger partial charge is 0.0999 e.